The number of halogens is 1. The van der Waals surface area contributed by atoms with Crippen LogP contribution in [0.2, 0.25) is 0 Å². The Morgan fingerprint density at radius 1 is 1.13 bits per heavy atom. The molecule has 0 saturated heterocycles. The van der Waals surface area contributed by atoms with Crippen LogP contribution < -0.4 is 0 Å². The van der Waals surface area contributed by atoms with Crippen LogP contribution >= 0.6 is 15.9 Å². The quantitative estimate of drug-likeness (QED) is 0.699. The molecule has 2 aromatic carbocycles. The first-order valence-electron chi connectivity index (χ1n) is 7.39. The van der Waals surface area contributed by atoms with Crippen LogP contribution in [-0.2, 0) is 17.8 Å². The predicted molar refractivity (Wildman–Crippen MR) is 96.9 cm³/mol. The van der Waals surface area contributed by atoms with E-state index in [0.29, 0.717) is 13.0 Å². The zero-order valence-electron chi connectivity index (χ0n) is 12.6. The number of rotatable bonds is 5. The third kappa shape index (κ3) is 3.37. The fraction of sp³-hybridized carbons (Fsp3) is 0.105. The maximum atomic E-state index is 12.6. The van der Waals surface area contributed by atoms with Crippen molar-refractivity contribution in [3.8, 4) is 0 Å². The molecule has 0 atom stereocenters. The summed E-state index contributed by atoms with van der Waals surface area (Å²) in [4.78, 5) is 17.5. The largest absolute Gasteiger partial charge is 0.361 e. The van der Waals surface area contributed by atoms with Crippen LogP contribution in [-0.4, -0.2) is 15.8 Å². The van der Waals surface area contributed by atoms with Gasteiger partial charge in [-0.25, -0.2) is 0 Å². The first-order chi connectivity index (χ1) is 11.2. The van der Waals surface area contributed by atoms with Crippen LogP contribution in [0.25, 0.3) is 10.9 Å². The molecule has 0 bridgehead atoms. The molecular weight excluding hydrogens is 352 g/mol. The lowest BCUT2D eigenvalue weighted by Crippen LogP contribution is -2.26. The van der Waals surface area contributed by atoms with Gasteiger partial charge < -0.3 is 9.88 Å². The summed E-state index contributed by atoms with van der Waals surface area (Å²) in [5, 5.41) is 1.09. The Morgan fingerprint density at radius 3 is 2.65 bits per heavy atom. The lowest BCUT2D eigenvalue weighted by molar-refractivity contribution is -0.128. The Morgan fingerprint density at radius 2 is 1.87 bits per heavy atom. The fourth-order valence-electron chi connectivity index (χ4n) is 2.61. The van der Waals surface area contributed by atoms with Crippen molar-refractivity contribution in [3.05, 3.63) is 83.1 Å². The molecule has 1 aromatic heterocycles. The highest BCUT2D eigenvalue weighted by Gasteiger charge is 2.15. The highest BCUT2D eigenvalue weighted by molar-refractivity contribution is 9.10. The maximum Gasteiger partial charge on any atom is 0.231 e. The fourth-order valence-corrected chi connectivity index (χ4v) is 3.02. The van der Waals surface area contributed by atoms with Crippen LogP contribution in [0.1, 0.15) is 11.1 Å². The third-order valence-corrected chi connectivity index (χ3v) is 4.63. The van der Waals surface area contributed by atoms with Gasteiger partial charge in [-0.2, -0.15) is 0 Å². The number of nitrogens with one attached hydrogen (secondary N) is 1. The highest BCUT2D eigenvalue weighted by Crippen LogP contribution is 2.21. The second-order valence-corrected chi connectivity index (χ2v) is 6.19. The Kier molecular flexibility index (Phi) is 4.63. The number of carbonyl (C=O) groups is 1. The molecular formula is C19H17BrN2O. The zero-order valence-corrected chi connectivity index (χ0v) is 14.2. The van der Waals surface area contributed by atoms with Gasteiger partial charge in [-0.1, -0.05) is 58.9 Å². The summed E-state index contributed by atoms with van der Waals surface area (Å²) < 4.78 is 0.992. The number of hydrogen-bond donors (Lipinski definition) is 1. The standard InChI is InChI=1S/C19H17BrN2O/c1-2-22(13-14-7-3-5-9-17(14)20)19(23)11-15-12-21-18-10-6-4-8-16(15)18/h2-10,12,21H,1,11,13H2. The normalized spacial score (nSPS) is 10.7. The van der Waals surface area contributed by atoms with Crippen molar-refractivity contribution in [3.63, 3.8) is 0 Å². The number of aromatic amines is 1. The number of H-pyrrole nitrogens is 1. The molecule has 23 heavy (non-hydrogen) atoms. The van der Waals surface area contributed by atoms with Crippen molar-refractivity contribution in [1.82, 2.24) is 9.88 Å². The lowest BCUT2D eigenvalue weighted by Gasteiger charge is -2.19. The Balaban J connectivity index is 1.78. The van der Waals surface area contributed by atoms with Gasteiger partial charge in [0, 0.05) is 21.6 Å². The van der Waals surface area contributed by atoms with E-state index < -0.39 is 0 Å². The topological polar surface area (TPSA) is 36.1 Å². The molecule has 0 aliphatic rings. The van der Waals surface area contributed by atoms with E-state index in [0.717, 1.165) is 26.5 Å². The number of fused-ring (bicyclic) bond motifs is 1. The number of amides is 1. The van der Waals surface area contributed by atoms with Crippen LogP contribution in [0.4, 0.5) is 0 Å². The predicted octanol–water partition coefficient (Wildman–Crippen LogP) is 4.65. The maximum absolute atomic E-state index is 12.6. The van der Waals surface area contributed by atoms with Gasteiger partial charge in [0.05, 0.1) is 13.0 Å². The summed E-state index contributed by atoms with van der Waals surface area (Å²) in [6.07, 6.45) is 3.85. The summed E-state index contributed by atoms with van der Waals surface area (Å²) >= 11 is 3.52. The van der Waals surface area contributed by atoms with Crippen molar-refractivity contribution in [1.29, 1.82) is 0 Å². The van der Waals surface area contributed by atoms with Crippen LogP contribution in [0.15, 0.2) is 72.0 Å². The molecule has 3 aromatic rings. The second kappa shape index (κ2) is 6.84. The number of nitrogens with zero attached hydrogens (tertiary/aromatic N) is 1. The van der Waals surface area contributed by atoms with Gasteiger partial charge in [-0.05, 0) is 29.5 Å². The van der Waals surface area contributed by atoms with Gasteiger partial charge in [0.15, 0.2) is 0 Å². The molecule has 0 aliphatic carbocycles. The number of hydrogen-bond acceptors (Lipinski definition) is 1. The molecule has 1 heterocycles. The van der Waals surface area contributed by atoms with Gasteiger partial charge in [-0.3, -0.25) is 4.79 Å². The number of carbonyl (C=O) groups excluding carboxylic acids is 1. The molecule has 3 rings (SSSR count). The summed E-state index contributed by atoms with van der Waals surface area (Å²) in [6, 6.07) is 15.9. The van der Waals surface area contributed by atoms with E-state index in [1.807, 2.05) is 54.7 Å². The van der Waals surface area contributed by atoms with Crippen molar-refractivity contribution in [2.24, 2.45) is 0 Å². The first-order valence-corrected chi connectivity index (χ1v) is 8.19. The van der Waals surface area contributed by atoms with Gasteiger partial charge in [0.2, 0.25) is 5.91 Å². The minimum atomic E-state index is 0.0282. The highest BCUT2D eigenvalue weighted by atomic mass is 79.9. The van der Waals surface area contributed by atoms with E-state index in [9.17, 15) is 4.79 Å². The van der Waals surface area contributed by atoms with E-state index in [1.54, 1.807) is 11.1 Å². The van der Waals surface area contributed by atoms with E-state index in [4.69, 9.17) is 0 Å². The molecule has 116 valence electrons. The number of benzene rings is 2. The Labute approximate surface area is 143 Å². The smallest absolute Gasteiger partial charge is 0.231 e. The SMILES string of the molecule is C=CN(Cc1ccccc1Br)C(=O)Cc1c[nH]c2ccccc12. The first kappa shape index (κ1) is 15.6. The third-order valence-electron chi connectivity index (χ3n) is 3.86. The summed E-state index contributed by atoms with van der Waals surface area (Å²) in [5.41, 5.74) is 3.11. The average Bonchev–Trinajstić information content (AvgIpc) is 2.97. The molecule has 0 unspecified atom stereocenters. The van der Waals surface area contributed by atoms with Gasteiger partial charge in [0.1, 0.15) is 0 Å². The molecule has 0 radical (unpaired) electrons. The zero-order chi connectivity index (χ0) is 16.2. The van der Waals surface area contributed by atoms with Crippen LogP contribution in [0, 0.1) is 0 Å². The second-order valence-electron chi connectivity index (χ2n) is 5.33. The van der Waals surface area contributed by atoms with Crippen molar-refractivity contribution in [2.75, 3.05) is 0 Å². The summed E-state index contributed by atoms with van der Waals surface area (Å²) in [5.74, 6) is 0.0282. The lowest BCUT2D eigenvalue weighted by atomic mass is 10.1. The molecule has 4 heteroatoms. The van der Waals surface area contributed by atoms with Gasteiger partial charge in [-0.15, -0.1) is 0 Å². The van der Waals surface area contributed by atoms with E-state index >= 15 is 0 Å². The van der Waals surface area contributed by atoms with Gasteiger partial charge in [0.25, 0.3) is 0 Å². The molecule has 0 saturated carbocycles. The van der Waals surface area contributed by atoms with E-state index in [-0.39, 0.29) is 5.91 Å². The minimum Gasteiger partial charge on any atom is -0.361 e. The van der Waals surface area contributed by atoms with Crippen molar-refractivity contribution in [2.45, 2.75) is 13.0 Å². The molecule has 0 fully saturated rings. The monoisotopic (exact) mass is 368 g/mol. The van der Waals surface area contributed by atoms with Crippen LogP contribution in [0.3, 0.4) is 0 Å². The van der Waals surface area contributed by atoms with Crippen molar-refractivity contribution < 1.29 is 4.79 Å². The molecule has 0 aliphatic heterocycles. The van der Waals surface area contributed by atoms with E-state index in [2.05, 4.69) is 27.5 Å². The van der Waals surface area contributed by atoms with Gasteiger partial charge >= 0.3 is 0 Å². The summed E-state index contributed by atoms with van der Waals surface area (Å²) in [6.45, 7) is 4.29. The molecule has 3 nitrogen and oxygen atoms in total. The molecule has 1 N–H and O–H groups in total. The Hall–Kier alpha value is -2.33. The minimum absolute atomic E-state index is 0.0282. The average molecular weight is 369 g/mol. The number of para-hydroxylation sites is 1. The molecule has 0 spiro atoms. The number of aromatic nitrogens is 1. The molecule has 1 amide bonds. The van der Waals surface area contributed by atoms with E-state index in [1.165, 1.54) is 0 Å². The van der Waals surface area contributed by atoms with Crippen LogP contribution in [0.5, 0.6) is 0 Å². The Bertz CT molecular complexity index is 853. The van der Waals surface area contributed by atoms with Crippen molar-refractivity contribution >= 4 is 32.7 Å². The summed E-state index contributed by atoms with van der Waals surface area (Å²) in [7, 11) is 0.